The standard InChI is InChI=1S/C19H21N3O5S2/c1-3-29(26,27)13-6-4-12(5-7-13)18(25)21-19-16(17(20)24)14-8-9-22(11(2)23)10-15(14)28-19/h4-7H,3,8-10H2,1-2H3,(H2,20,24)(H,21,25). The Morgan fingerprint density at radius 1 is 1.21 bits per heavy atom. The van der Waals surface area contributed by atoms with Gasteiger partial charge in [-0.3, -0.25) is 14.4 Å². The number of nitrogens with one attached hydrogen (secondary N) is 1. The van der Waals surface area contributed by atoms with Gasteiger partial charge in [0.15, 0.2) is 9.84 Å². The quantitative estimate of drug-likeness (QED) is 0.740. The molecular formula is C19H21N3O5S2. The molecule has 1 aliphatic heterocycles. The van der Waals surface area contributed by atoms with Crippen LogP contribution in [0, 0.1) is 0 Å². The maximum atomic E-state index is 12.6. The number of sulfone groups is 1. The topological polar surface area (TPSA) is 127 Å². The Morgan fingerprint density at radius 3 is 2.41 bits per heavy atom. The zero-order chi connectivity index (χ0) is 21.3. The number of anilines is 1. The Hall–Kier alpha value is -2.72. The van der Waals surface area contributed by atoms with E-state index < -0.39 is 21.7 Å². The van der Waals surface area contributed by atoms with Gasteiger partial charge in [-0.25, -0.2) is 8.42 Å². The van der Waals surface area contributed by atoms with Crippen molar-refractivity contribution in [2.75, 3.05) is 17.6 Å². The molecule has 1 aromatic heterocycles. The molecule has 0 saturated heterocycles. The van der Waals surface area contributed by atoms with Crippen molar-refractivity contribution in [1.82, 2.24) is 4.90 Å². The highest BCUT2D eigenvalue weighted by atomic mass is 32.2. The van der Waals surface area contributed by atoms with Gasteiger partial charge in [0.05, 0.1) is 22.8 Å². The Labute approximate surface area is 172 Å². The first-order valence-electron chi connectivity index (χ1n) is 8.98. The SMILES string of the molecule is CCS(=O)(=O)c1ccc(C(=O)Nc2sc3c(c2C(N)=O)CCN(C(C)=O)C3)cc1. The van der Waals surface area contributed by atoms with Gasteiger partial charge in [0.2, 0.25) is 5.91 Å². The minimum absolute atomic E-state index is 0.0292. The van der Waals surface area contributed by atoms with Gasteiger partial charge in [0.1, 0.15) is 5.00 Å². The fourth-order valence-corrected chi connectivity index (χ4v) is 5.32. The second-order valence-electron chi connectivity index (χ2n) is 6.64. The van der Waals surface area contributed by atoms with E-state index in [0.29, 0.717) is 24.5 Å². The van der Waals surface area contributed by atoms with E-state index in [9.17, 15) is 22.8 Å². The summed E-state index contributed by atoms with van der Waals surface area (Å²) in [5, 5.41) is 3.04. The molecule has 0 bridgehead atoms. The summed E-state index contributed by atoms with van der Waals surface area (Å²) in [6.45, 7) is 3.89. The van der Waals surface area contributed by atoms with Crippen molar-refractivity contribution in [3.63, 3.8) is 0 Å². The summed E-state index contributed by atoms with van der Waals surface area (Å²) >= 11 is 1.22. The minimum Gasteiger partial charge on any atom is -0.365 e. The van der Waals surface area contributed by atoms with Crippen LogP contribution in [0.5, 0.6) is 0 Å². The third kappa shape index (κ3) is 4.18. The Balaban J connectivity index is 1.87. The maximum absolute atomic E-state index is 12.6. The van der Waals surface area contributed by atoms with Crippen molar-refractivity contribution in [3.8, 4) is 0 Å². The zero-order valence-electron chi connectivity index (χ0n) is 16.0. The summed E-state index contributed by atoms with van der Waals surface area (Å²) in [5.41, 5.74) is 6.83. The molecule has 1 aromatic carbocycles. The summed E-state index contributed by atoms with van der Waals surface area (Å²) < 4.78 is 23.8. The van der Waals surface area contributed by atoms with Gasteiger partial charge in [-0.1, -0.05) is 6.92 Å². The molecule has 29 heavy (non-hydrogen) atoms. The second kappa shape index (κ2) is 7.96. The van der Waals surface area contributed by atoms with Gasteiger partial charge in [-0.15, -0.1) is 11.3 Å². The van der Waals surface area contributed by atoms with Gasteiger partial charge in [0.25, 0.3) is 11.8 Å². The molecule has 2 aromatic rings. The average Bonchev–Trinajstić information content (AvgIpc) is 3.05. The molecule has 0 aliphatic carbocycles. The molecule has 0 saturated carbocycles. The van der Waals surface area contributed by atoms with Crippen molar-refractivity contribution in [2.45, 2.75) is 31.7 Å². The van der Waals surface area contributed by atoms with Crippen LogP contribution >= 0.6 is 11.3 Å². The van der Waals surface area contributed by atoms with E-state index in [0.717, 1.165) is 10.4 Å². The molecule has 10 heteroatoms. The molecule has 0 unspecified atom stereocenters. The third-order valence-electron chi connectivity index (χ3n) is 4.83. The number of nitrogens with zero attached hydrogens (tertiary/aromatic N) is 1. The molecule has 3 N–H and O–H groups in total. The predicted molar refractivity (Wildman–Crippen MR) is 110 cm³/mol. The zero-order valence-corrected chi connectivity index (χ0v) is 17.7. The van der Waals surface area contributed by atoms with Gasteiger partial charge in [-0.05, 0) is 36.2 Å². The molecule has 0 fully saturated rings. The number of fused-ring (bicyclic) bond motifs is 1. The maximum Gasteiger partial charge on any atom is 0.256 e. The molecule has 2 heterocycles. The van der Waals surface area contributed by atoms with Crippen molar-refractivity contribution in [3.05, 3.63) is 45.8 Å². The lowest BCUT2D eigenvalue weighted by molar-refractivity contribution is -0.129. The van der Waals surface area contributed by atoms with E-state index in [4.69, 9.17) is 5.73 Å². The first-order chi connectivity index (χ1) is 13.6. The Morgan fingerprint density at radius 2 is 1.86 bits per heavy atom. The predicted octanol–water partition coefficient (Wildman–Crippen LogP) is 1.80. The lowest BCUT2D eigenvalue weighted by atomic mass is 10.0. The third-order valence-corrected chi connectivity index (χ3v) is 7.71. The van der Waals surface area contributed by atoms with Crippen LogP contribution in [0.2, 0.25) is 0 Å². The van der Waals surface area contributed by atoms with Gasteiger partial charge in [-0.2, -0.15) is 0 Å². The number of benzene rings is 1. The number of primary amides is 1. The molecule has 3 rings (SSSR count). The summed E-state index contributed by atoms with van der Waals surface area (Å²) in [6, 6.07) is 5.61. The van der Waals surface area contributed by atoms with E-state index in [1.54, 1.807) is 11.8 Å². The minimum atomic E-state index is -3.35. The van der Waals surface area contributed by atoms with E-state index in [1.165, 1.54) is 42.5 Å². The van der Waals surface area contributed by atoms with Crippen molar-refractivity contribution < 1.29 is 22.8 Å². The van der Waals surface area contributed by atoms with Crippen LogP contribution in [0.25, 0.3) is 0 Å². The van der Waals surface area contributed by atoms with Crippen LogP contribution in [0.3, 0.4) is 0 Å². The number of thiophene rings is 1. The van der Waals surface area contributed by atoms with Crippen LogP contribution in [0.4, 0.5) is 5.00 Å². The average molecular weight is 436 g/mol. The van der Waals surface area contributed by atoms with E-state index in [1.807, 2.05) is 0 Å². The van der Waals surface area contributed by atoms with E-state index >= 15 is 0 Å². The highest BCUT2D eigenvalue weighted by Gasteiger charge is 2.28. The normalized spacial score (nSPS) is 13.7. The number of carbonyl (C=O) groups excluding carboxylic acids is 3. The second-order valence-corrected chi connectivity index (χ2v) is 10.0. The van der Waals surface area contributed by atoms with Crippen LogP contribution in [0.15, 0.2) is 29.2 Å². The monoisotopic (exact) mass is 435 g/mol. The summed E-state index contributed by atoms with van der Waals surface area (Å²) in [6.07, 6.45) is 0.489. The first-order valence-corrected chi connectivity index (χ1v) is 11.4. The molecule has 0 radical (unpaired) electrons. The van der Waals surface area contributed by atoms with Crippen LogP contribution in [0.1, 0.15) is 45.0 Å². The highest BCUT2D eigenvalue weighted by molar-refractivity contribution is 7.91. The summed E-state index contributed by atoms with van der Waals surface area (Å²) in [4.78, 5) is 38.9. The summed E-state index contributed by atoms with van der Waals surface area (Å²) in [7, 11) is -3.35. The van der Waals surface area contributed by atoms with E-state index in [-0.39, 0.29) is 27.7 Å². The van der Waals surface area contributed by atoms with Crippen LogP contribution in [-0.4, -0.2) is 43.3 Å². The number of rotatable bonds is 5. The molecule has 8 nitrogen and oxygen atoms in total. The molecule has 1 aliphatic rings. The van der Waals surface area contributed by atoms with Crippen molar-refractivity contribution >= 4 is 43.9 Å². The smallest absolute Gasteiger partial charge is 0.256 e. The highest BCUT2D eigenvalue weighted by Crippen LogP contribution is 2.37. The Bertz CT molecular complexity index is 1090. The number of hydrogen-bond acceptors (Lipinski definition) is 6. The molecular weight excluding hydrogens is 414 g/mol. The summed E-state index contributed by atoms with van der Waals surface area (Å²) in [5.74, 6) is -1.20. The van der Waals surface area contributed by atoms with Crippen molar-refractivity contribution in [1.29, 1.82) is 0 Å². The largest absolute Gasteiger partial charge is 0.365 e. The lowest BCUT2D eigenvalue weighted by Gasteiger charge is -2.25. The van der Waals surface area contributed by atoms with Crippen molar-refractivity contribution in [2.24, 2.45) is 5.73 Å². The molecule has 3 amide bonds. The number of hydrogen-bond donors (Lipinski definition) is 2. The van der Waals surface area contributed by atoms with Gasteiger partial charge in [0, 0.05) is 23.9 Å². The lowest BCUT2D eigenvalue weighted by Crippen LogP contribution is -2.34. The number of nitrogens with two attached hydrogens (primary N) is 1. The molecule has 0 spiro atoms. The fourth-order valence-electron chi connectivity index (χ4n) is 3.18. The molecule has 154 valence electrons. The fraction of sp³-hybridized carbons (Fsp3) is 0.316. The number of amides is 3. The first kappa shape index (κ1) is 21.0. The Kier molecular flexibility index (Phi) is 5.76. The molecule has 0 atom stereocenters. The van der Waals surface area contributed by atoms with Gasteiger partial charge < -0.3 is 16.0 Å². The van der Waals surface area contributed by atoms with Crippen LogP contribution in [-0.2, 0) is 27.6 Å². The van der Waals surface area contributed by atoms with E-state index in [2.05, 4.69) is 5.32 Å². The number of carbonyl (C=O) groups is 3. The van der Waals surface area contributed by atoms with Gasteiger partial charge >= 0.3 is 0 Å². The van der Waals surface area contributed by atoms with Crippen LogP contribution < -0.4 is 11.1 Å².